The fourth-order valence-corrected chi connectivity index (χ4v) is 2.43. The van der Waals surface area contributed by atoms with Crippen molar-refractivity contribution in [2.75, 3.05) is 19.0 Å². The van der Waals surface area contributed by atoms with Crippen molar-refractivity contribution in [1.29, 1.82) is 0 Å². The average molecular weight is 268 g/mol. The van der Waals surface area contributed by atoms with Crippen LogP contribution in [0, 0.1) is 0 Å². The van der Waals surface area contributed by atoms with Crippen LogP contribution >= 0.6 is 22.9 Å². The van der Waals surface area contributed by atoms with Crippen LogP contribution in [-0.4, -0.2) is 13.7 Å². The summed E-state index contributed by atoms with van der Waals surface area (Å²) in [7, 11) is 1.65. The highest BCUT2D eigenvalue weighted by Crippen LogP contribution is 2.26. The molecular weight excluding hydrogens is 254 g/mol. The van der Waals surface area contributed by atoms with E-state index in [2.05, 4.69) is 22.1 Å². The Bertz CT molecular complexity index is 470. The predicted octanol–water partition coefficient (Wildman–Crippen LogP) is 4.06. The zero-order valence-corrected chi connectivity index (χ0v) is 11.1. The van der Waals surface area contributed by atoms with Gasteiger partial charge in [0.15, 0.2) is 0 Å². The van der Waals surface area contributed by atoms with Gasteiger partial charge >= 0.3 is 0 Å². The van der Waals surface area contributed by atoms with Crippen molar-refractivity contribution >= 4 is 28.6 Å². The minimum absolute atomic E-state index is 0.719. The number of hydrogen-bond acceptors (Lipinski definition) is 3. The Balaban J connectivity index is 1.94. The third-order valence-corrected chi connectivity index (χ3v) is 3.54. The molecular formula is C13H14ClNOS. The molecule has 0 amide bonds. The van der Waals surface area contributed by atoms with Crippen molar-refractivity contribution in [1.82, 2.24) is 0 Å². The highest BCUT2D eigenvalue weighted by molar-refractivity contribution is 7.07. The molecule has 17 heavy (non-hydrogen) atoms. The summed E-state index contributed by atoms with van der Waals surface area (Å²) in [6.45, 7) is 0.865. The second-order valence-corrected chi connectivity index (χ2v) is 4.84. The third-order valence-electron chi connectivity index (χ3n) is 2.48. The van der Waals surface area contributed by atoms with Crippen LogP contribution in [0.15, 0.2) is 35.0 Å². The van der Waals surface area contributed by atoms with Crippen molar-refractivity contribution in [2.24, 2.45) is 0 Å². The van der Waals surface area contributed by atoms with Gasteiger partial charge in [0.05, 0.1) is 17.8 Å². The van der Waals surface area contributed by atoms with E-state index in [4.69, 9.17) is 16.3 Å². The molecule has 2 nitrogen and oxygen atoms in total. The number of rotatable bonds is 5. The molecule has 0 saturated heterocycles. The summed E-state index contributed by atoms with van der Waals surface area (Å²) in [4.78, 5) is 0. The Kier molecular flexibility index (Phi) is 4.29. The summed E-state index contributed by atoms with van der Waals surface area (Å²) in [5.41, 5.74) is 2.27. The van der Waals surface area contributed by atoms with E-state index in [-0.39, 0.29) is 0 Å². The van der Waals surface area contributed by atoms with Gasteiger partial charge in [0.1, 0.15) is 5.75 Å². The van der Waals surface area contributed by atoms with Crippen LogP contribution in [0.25, 0.3) is 0 Å². The summed E-state index contributed by atoms with van der Waals surface area (Å²) in [6, 6.07) is 7.75. The lowest BCUT2D eigenvalue weighted by Gasteiger charge is -2.09. The molecule has 4 heteroatoms. The summed E-state index contributed by atoms with van der Waals surface area (Å²) in [6.07, 6.45) is 0.997. The van der Waals surface area contributed by atoms with E-state index in [9.17, 15) is 0 Å². The van der Waals surface area contributed by atoms with Crippen LogP contribution in [-0.2, 0) is 6.42 Å². The number of thiophene rings is 1. The largest absolute Gasteiger partial charge is 0.497 e. The lowest BCUT2D eigenvalue weighted by molar-refractivity contribution is 0.415. The minimum atomic E-state index is 0.719. The summed E-state index contributed by atoms with van der Waals surface area (Å²) < 4.78 is 5.17. The van der Waals surface area contributed by atoms with Crippen LogP contribution in [0.5, 0.6) is 5.75 Å². The summed E-state index contributed by atoms with van der Waals surface area (Å²) >= 11 is 7.82. The lowest BCUT2D eigenvalue weighted by Crippen LogP contribution is -2.04. The van der Waals surface area contributed by atoms with E-state index in [1.165, 1.54) is 5.56 Å². The Morgan fingerprint density at radius 2 is 2.24 bits per heavy atom. The molecule has 0 aliphatic rings. The van der Waals surface area contributed by atoms with Crippen LogP contribution in [0.4, 0.5) is 5.69 Å². The molecule has 0 radical (unpaired) electrons. The maximum absolute atomic E-state index is 6.10. The van der Waals surface area contributed by atoms with Gasteiger partial charge < -0.3 is 10.1 Å². The average Bonchev–Trinajstić information content (AvgIpc) is 2.84. The Hall–Kier alpha value is -1.19. The van der Waals surface area contributed by atoms with Crippen LogP contribution in [0.3, 0.4) is 0 Å². The zero-order valence-electron chi connectivity index (χ0n) is 9.57. The maximum Gasteiger partial charge on any atom is 0.121 e. The molecule has 0 fully saturated rings. The molecule has 0 aliphatic heterocycles. The maximum atomic E-state index is 6.10. The molecule has 0 aliphatic carbocycles. The predicted molar refractivity (Wildman–Crippen MR) is 74.5 cm³/mol. The summed E-state index contributed by atoms with van der Waals surface area (Å²) in [5, 5.41) is 8.29. The first-order valence-corrected chi connectivity index (χ1v) is 6.70. The van der Waals surface area contributed by atoms with E-state index in [0.29, 0.717) is 0 Å². The number of ether oxygens (including phenoxy) is 1. The van der Waals surface area contributed by atoms with Gasteiger partial charge in [-0.15, -0.1) is 0 Å². The van der Waals surface area contributed by atoms with Crippen LogP contribution in [0.1, 0.15) is 5.56 Å². The van der Waals surface area contributed by atoms with Gasteiger partial charge in [-0.05, 0) is 40.9 Å². The molecule has 90 valence electrons. The quantitative estimate of drug-likeness (QED) is 0.882. The van der Waals surface area contributed by atoms with Crippen molar-refractivity contribution in [3.63, 3.8) is 0 Å². The molecule has 0 bridgehead atoms. The van der Waals surface area contributed by atoms with Crippen LogP contribution in [0.2, 0.25) is 5.02 Å². The van der Waals surface area contributed by atoms with Gasteiger partial charge in [-0.1, -0.05) is 11.6 Å². The normalized spacial score (nSPS) is 10.2. The molecule has 1 aromatic heterocycles. The van der Waals surface area contributed by atoms with Crippen molar-refractivity contribution in [3.8, 4) is 5.75 Å². The zero-order chi connectivity index (χ0) is 12.1. The Labute approximate surface area is 110 Å². The van der Waals surface area contributed by atoms with Crippen molar-refractivity contribution in [3.05, 3.63) is 45.6 Å². The smallest absolute Gasteiger partial charge is 0.121 e. The summed E-state index contributed by atoms with van der Waals surface area (Å²) in [5.74, 6) is 0.812. The third kappa shape index (κ3) is 3.38. The fraction of sp³-hybridized carbons (Fsp3) is 0.231. The van der Waals surface area contributed by atoms with Crippen LogP contribution < -0.4 is 10.1 Å². The van der Waals surface area contributed by atoms with Gasteiger partial charge in [-0.2, -0.15) is 11.3 Å². The highest BCUT2D eigenvalue weighted by Gasteiger charge is 2.02. The van der Waals surface area contributed by atoms with E-state index in [0.717, 1.165) is 29.4 Å². The SMILES string of the molecule is COc1ccc(Cl)c(NCCc2ccsc2)c1. The first-order valence-electron chi connectivity index (χ1n) is 5.38. The highest BCUT2D eigenvalue weighted by atomic mass is 35.5. The first kappa shape index (κ1) is 12.3. The number of halogens is 1. The Morgan fingerprint density at radius 3 is 2.94 bits per heavy atom. The van der Waals surface area contributed by atoms with E-state index in [1.54, 1.807) is 18.4 Å². The molecule has 1 N–H and O–H groups in total. The number of benzene rings is 1. The second kappa shape index (κ2) is 5.94. The Morgan fingerprint density at radius 1 is 1.35 bits per heavy atom. The molecule has 0 spiro atoms. The van der Waals surface area contributed by atoms with E-state index < -0.39 is 0 Å². The molecule has 0 saturated carbocycles. The lowest BCUT2D eigenvalue weighted by atomic mass is 10.2. The van der Waals surface area contributed by atoms with Gasteiger partial charge in [0, 0.05) is 12.6 Å². The molecule has 1 aromatic carbocycles. The second-order valence-electron chi connectivity index (χ2n) is 3.65. The van der Waals surface area contributed by atoms with Crippen molar-refractivity contribution < 1.29 is 4.74 Å². The molecule has 2 aromatic rings. The molecule has 1 heterocycles. The van der Waals surface area contributed by atoms with Gasteiger partial charge in [-0.25, -0.2) is 0 Å². The number of methoxy groups -OCH3 is 1. The molecule has 0 atom stereocenters. The van der Waals surface area contributed by atoms with Gasteiger partial charge in [0.2, 0.25) is 0 Å². The standard InChI is InChI=1S/C13H14ClNOS/c1-16-11-2-3-12(14)13(8-11)15-6-4-10-5-7-17-9-10/h2-3,5,7-9,15H,4,6H2,1H3. The molecule has 0 unspecified atom stereocenters. The topological polar surface area (TPSA) is 21.3 Å². The number of nitrogens with one attached hydrogen (secondary N) is 1. The van der Waals surface area contributed by atoms with Crippen molar-refractivity contribution in [2.45, 2.75) is 6.42 Å². The molecule has 2 rings (SSSR count). The minimum Gasteiger partial charge on any atom is -0.497 e. The fourth-order valence-electron chi connectivity index (χ4n) is 1.54. The van der Waals surface area contributed by atoms with E-state index >= 15 is 0 Å². The number of hydrogen-bond donors (Lipinski definition) is 1. The van der Waals surface area contributed by atoms with Gasteiger partial charge in [0.25, 0.3) is 0 Å². The van der Waals surface area contributed by atoms with E-state index in [1.807, 2.05) is 18.2 Å². The number of anilines is 1. The van der Waals surface area contributed by atoms with Gasteiger partial charge in [-0.3, -0.25) is 0 Å². The monoisotopic (exact) mass is 267 g/mol. The first-order chi connectivity index (χ1) is 8.29.